The van der Waals surface area contributed by atoms with Crippen LogP contribution in [0.1, 0.15) is 58.3 Å². The Kier molecular flexibility index (Phi) is 11.1. The highest BCUT2D eigenvalue weighted by Gasteiger charge is 2.15. The Morgan fingerprint density at radius 2 is 1.74 bits per heavy atom. The van der Waals surface area contributed by atoms with Crippen molar-refractivity contribution in [1.29, 1.82) is 0 Å². The largest absolute Gasteiger partial charge is 0.325 e. The first kappa shape index (κ1) is 26.4. The van der Waals surface area contributed by atoms with Crippen LogP contribution in [0.2, 0.25) is 0 Å². The number of benzene rings is 2. The lowest BCUT2D eigenvalue weighted by atomic mass is 10.1. The van der Waals surface area contributed by atoms with E-state index in [4.69, 9.17) is 0 Å². The van der Waals surface area contributed by atoms with Gasteiger partial charge in [-0.25, -0.2) is 18.6 Å². The molecular weight excluding hydrogens is 472 g/mol. The average Bonchev–Trinajstić information content (AvgIpc) is 3.24. The van der Waals surface area contributed by atoms with Crippen LogP contribution in [0.15, 0.2) is 46.8 Å². The number of rotatable bonds is 14. The molecule has 0 fully saturated rings. The number of unbranched alkanes of at least 4 members (excludes halogenated alkanes) is 6. The van der Waals surface area contributed by atoms with Crippen molar-refractivity contribution in [3.8, 4) is 0 Å². The maximum atomic E-state index is 14.0. The Balaban J connectivity index is 1.43. The summed E-state index contributed by atoms with van der Waals surface area (Å²) in [5.41, 5.74) is 1.06. The molecule has 1 N–H and O–H groups in total. The van der Waals surface area contributed by atoms with Crippen LogP contribution in [0.3, 0.4) is 0 Å². The Bertz CT molecular complexity index is 1010. The summed E-state index contributed by atoms with van der Waals surface area (Å²) < 4.78 is 29.5. The molecule has 0 atom stereocenters. The Hall–Kier alpha value is -2.19. The minimum atomic E-state index is -0.761. The van der Waals surface area contributed by atoms with Gasteiger partial charge in [0.05, 0.1) is 15.9 Å². The quantitative estimate of drug-likeness (QED) is 0.177. The van der Waals surface area contributed by atoms with Gasteiger partial charge in [-0.05, 0) is 43.5 Å². The molecule has 0 saturated carbocycles. The monoisotopic (exact) mass is 505 g/mol. The molecule has 0 spiro atoms. The fraction of sp³-hybridized carbons (Fsp3) is 0.462. The number of hydrogen-bond donors (Lipinski definition) is 1. The first-order chi connectivity index (χ1) is 16.6. The van der Waals surface area contributed by atoms with E-state index in [1.54, 1.807) is 28.0 Å². The number of urea groups is 1. The zero-order chi connectivity index (χ0) is 24.2. The van der Waals surface area contributed by atoms with Gasteiger partial charge in [0.15, 0.2) is 4.34 Å². The van der Waals surface area contributed by atoms with Gasteiger partial charge >= 0.3 is 6.03 Å². The lowest BCUT2D eigenvalue weighted by Crippen LogP contribution is -2.36. The SMILES string of the molecule is CCCCCCCN(CCCCCSc1nc2ccccc2s1)C(=O)Nc1ccc(F)cc1F. The molecule has 0 unspecified atom stereocenters. The molecule has 0 saturated heterocycles. The van der Waals surface area contributed by atoms with Crippen molar-refractivity contribution >= 4 is 45.0 Å². The van der Waals surface area contributed by atoms with Crippen LogP contribution in [0, 0.1) is 11.6 Å². The van der Waals surface area contributed by atoms with E-state index in [2.05, 4.69) is 23.3 Å². The van der Waals surface area contributed by atoms with Gasteiger partial charge in [-0.2, -0.15) is 0 Å². The fourth-order valence-corrected chi connectivity index (χ4v) is 5.80. The highest BCUT2D eigenvalue weighted by atomic mass is 32.2. The van der Waals surface area contributed by atoms with Crippen molar-refractivity contribution in [3.63, 3.8) is 0 Å². The second kappa shape index (κ2) is 14.3. The standard InChI is InChI=1S/C26H33F2N3OS2/c1-2-3-4-5-9-16-31(25(32)29-22-15-14-20(27)19-21(22)28)17-10-6-11-18-33-26-30-23-12-7-8-13-24(23)34-26/h7-8,12-15,19H,2-6,9-11,16-18H2,1H3,(H,29,32). The third kappa shape index (κ3) is 8.55. The van der Waals surface area contributed by atoms with E-state index in [-0.39, 0.29) is 11.7 Å². The van der Waals surface area contributed by atoms with Gasteiger partial charge in [-0.3, -0.25) is 0 Å². The first-order valence-corrected chi connectivity index (χ1v) is 13.9. The van der Waals surface area contributed by atoms with Crippen LogP contribution in [0.5, 0.6) is 0 Å². The Morgan fingerprint density at radius 3 is 2.47 bits per heavy atom. The predicted octanol–water partition coefficient (Wildman–Crippen LogP) is 8.34. The van der Waals surface area contributed by atoms with E-state index in [0.717, 1.165) is 66.3 Å². The second-order valence-corrected chi connectivity index (χ2v) is 10.7. The van der Waals surface area contributed by atoms with Gasteiger partial charge in [-0.15, -0.1) is 11.3 Å². The van der Waals surface area contributed by atoms with Gasteiger partial charge in [-0.1, -0.05) is 62.9 Å². The van der Waals surface area contributed by atoms with Crippen molar-refractivity contribution in [2.75, 3.05) is 24.2 Å². The Labute approximate surface area is 209 Å². The molecule has 8 heteroatoms. The van der Waals surface area contributed by atoms with E-state index < -0.39 is 11.6 Å². The van der Waals surface area contributed by atoms with Crippen molar-refractivity contribution < 1.29 is 13.6 Å². The molecule has 0 aliphatic rings. The number of nitrogens with zero attached hydrogens (tertiary/aromatic N) is 2. The molecule has 3 rings (SSSR count). The number of aromatic nitrogens is 1. The molecule has 4 nitrogen and oxygen atoms in total. The minimum Gasteiger partial charge on any atom is -0.325 e. The lowest BCUT2D eigenvalue weighted by molar-refractivity contribution is 0.209. The molecule has 1 aromatic heterocycles. The van der Waals surface area contributed by atoms with Gasteiger partial charge in [0.25, 0.3) is 0 Å². The first-order valence-electron chi connectivity index (χ1n) is 12.1. The third-order valence-corrected chi connectivity index (χ3v) is 7.83. The number of carbonyl (C=O) groups is 1. The van der Waals surface area contributed by atoms with E-state index in [9.17, 15) is 13.6 Å². The van der Waals surface area contributed by atoms with E-state index >= 15 is 0 Å². The van der Waals surface area contributed by atoms with Gasteiger partial charge in [0.2, 0.25) is 0 Å². The van der Waals surface area contributed by atoms with Gasteiger partial charge in [0.1, 0.15) is 11.6 Å². The number of amides is 2. The number of thiazole rings is 1. The highest BCUT2D eigenvalue weighted by Crippen LogP contribution is 2.29. The summed E-state index contributed by atoms with van der Waals surface area (Å²) in [5, 5.41) is 2.61. The molecule has 0 aliphatic heterocycles. The summed E-state index contributed by atoms with van der Waals surface area (Å²) in [5.74, 6) is -0.431. The summed E-state index contributed by atoms with van der Waals surface area (Å²) >= 11 is 3.50. The highest BCUT2D eigenvalue weighted by molar-refractivity contribution is 8.01. The summed E-state index contributed by atoms with van der Waals surface area (Å²) in [6.07, 6.45) is 8.44. The molecule has 1 heterocycles. The molecule has 0 radical (unpaired) electrons. The molecule has 2 amide bonds. The summed E-state index contributed by atoms with van der Waals surface area (Å²) in [6, 6.07) is 11.0. The molecule has 34 heavy (non-hydrogen) atoms. The maximum Gasteiger partial charge on any atom is 0.321 e. The van der Waals surface area contributed by atoms with Crippen molar-refractivity contribution in [2.24, 2.45) is 0 Å². The molecule has 2 aromatic carbocycles. The number of fused-ring (bicyclic) bond motifs is 1. The molecule has 0 aliphatic carbocycles. The van der Waals surface area contributed by atoms with Crippen LogP contribution < -0.4 is 5.32 Å². The smallest absolute Gasteiger partial charge is 0.321 e. The molecule has 0 bridgehead atoms. The molecule has 184 valence electrons. The van der Waals surface area contributed by atoms with E-state index in [0.29, 0.717) is 13.1 Å². The lowest BCUT2D eigenvalue weighted by Gasteiger charge is -2.23. The van der Waals surface area contributed by atoms with E-state index in [1.807, 2.05) is 18.2 Å². The maximum absolute atomic E-state index is 14.0. The normalized spacial score (nSPS) is 11.1. The summed E-state index contributed by atoms with van der Waals surface area (Å²) in [4.78, 5) is 19.2. The summed E-state index contributed by atoms with van der Waals surface area (Å²) in [6.45, 7) is 3.43. The summed E-state index contributed by atoms with van der Waals surface area (Å²) in [7, 11) is 0. The number of hydrogen-bond acceptors (Lipinski definition) is 4. The Morgan fingerprint density at radius 1 is 1.00 bits per heavy atom. The number of para-hydroxylation sites is 1. The van der Waals surface area contributed by atoms with Crippen LogP contribution in [0.4, 0.5) is 19.3 Å². The van der Waals surface area contributed by atoms with Gasteiger partial charge in [0, 0.05) is 24.9 Å². The number of thioether (sulfide) groups is 1. The number of nitrogens with one attached hydrogen (secondary N) is 1. The molecule has 3 aromatic rings. The zero-order valence-electron chi connectivity index (χ0n) is 19.7. The predicted molar refractivity (Wildman–Crippen MR) is 140 cm³/mol. The van der Waals surface area contributed by atoms with Crippen LogP contribution >= 0.6 is 23.1 Å². The number of halogens is 2. The van der Waals surface area contributed by atoms with E-state index in [1.165, 1.54) is 23.6 Å². The van der Waals surface area contributed by atoms with Crippen LogP contribution in [-0.4, -0.2) is 34.8 Å². The van der Waals surface area contributed by atoms with Crippen LogP contribution in [-0.2, 0) is 0 Å². The number of carbonyl (C=O) groups excluding carboxylic acids is 1. The third-order valence-electron chi connectivity index (χ3n) is 5.56. The van der Waals surface area contributed by atoms with Crippen molar-refractivity contribution in [1.82, 2.24) is 9.88 Å². The molecular formula is C26H33F2N3OS2. The van der Waals surface area contributed by atoms with Gasteiger partial charge < -0.3 is 10.2 Å². The minimum absolute atomic E-state index is 0.00891. The second-order valence-electron chi connectivity index (χ2n) is 8.31. The van der Waals surface area contributed by atoms with Crippen molar-refractivity contribution in [2.45, 2.75) is 62.6 Å². The van der Waals surface area contributed by atoms with Crippen LogP contribution in [0.25, 0.3) is 10.2 Å². The average molecular weight is 506 g/mol. The topological polar surface area (TPSA) is 45.2 Å². The number of anilines is 1. The van der Waals surface area contributed by atoms with Crippen molar-refractivity contribution in [3.05, 3.63) is 54.1 Å². The fourth-order valence-electron chi connectivity index (χ4n) is 3.66. The zero-order valence-corrected chi connectivity index (χ0v) is 21.3.